The molecule has 3 rings (SSSR count). The number of fused-ring (bicyclic) bond motifs is 1. The van der Waals surface area contributed by atoms with Crippen LogP contribution in [0.4, 0.5) is 5.95 Å². The molecule has 1 aliphatic rings. The summed E-state index contributed by atoms with van der Waals surface area (Å²) in [7, 11) is 0. The van der Waals surface area contributed by atoms with Crippen molar-refractivity contribution >= 4 is 23.2 Å². The van der Waals surface area contributed by atoms with Crippen LogP contribution >= 0.6 is 11.6 Å². The molecule has 96 valence electrons. The van der Waals surface area contributed by atoms with Crippen LogP contribution in [0.1, 0.15) is 31.2 Å². The van der Waals surface area contributed by atoms with Gasteiger partial charge in [0.25, 0.3) is 0 Å². The van der Waals surface area contributed by atoms with E-state index in [9.17, 15) is 0 Å². The predicted molar refractivity (Wildman–Crippen MR) is 73.2 cm³/mol. The van der Waals surface area contributed by atoms with Crippen molar-refractivity contribution in [1.82, 2.24) is 14.6 Å². The first-order chi connectivity index (χ1) is 8.90. The molecule has 1 saturated heterocycles. The number of anilines is 1. The molecule has 2 aromatic rings. The monoisotopic (exact) mass is 264 g/mol. The van der Waals surface area contributed by atoms with Gasteiger partial charge in [0.05, 0.1) is 5.88 Å². The molecular weight excluding hydrogens is 248 g/mol. The van der Waals surface area contributed by atoms with Crippen LogP contribution in [0.3, 0.4) is 0 Å². The second-order valence-electron chi connectivity index (χ2n) is 4.76. The van der Waals surface area contributed by atoms with Gasteiger partial charge in [-0.1, -0.05) is 18.9 Å². The smallest absolute Gasteiger partial charge is 0.231 e. The molecule has 0 spiro atoms. The number of nitrogens with zero attached hydrogens (tertiary/aromatic N) is 4. The van der Waals surface area contributed by atoms with E-state index in [1.807, 2.05) is 18.3 Å². The summed E-state index contributed by atoms with van der Waals surface area (Å²) in [5, 5.41) is 8.63. The van der Waals surface area contributed by atoms with E-state index in [0.29, 0.717) is 5.88 Å². The molecule has 1 aliphatic heterocycles. The van der Waals surface area contributed by atoms with E-state index in [1.165, 1.54) is 25.7 Å². The molecule has 0 atom stereocenters. The summed E-state index contributed by atoms with van der Waals surface area (Å²) in [6.45, 7) is 2.15. The summed E-state index contributed by atoms with van der Waals surface area (Å²) in [6, 6.07) is 4.01. The van der Waals surface area contributed by atoms with Crippen LogP contribution in [0.25, 0.3) is 5.65 Å². The van der Waals surface area contributed by atoms with Gasteiger partial charge in [0.15, 0.2) is 5.65 Å². The zero-order chi connectivity index (χ0) is 12.4. The molecule has 3 heterocycles. The largest absolute Gasteiger partial charge is 0.341 e. The Kier molecular flexibility index (Phi) is 3.37. The minimum Gasteiger partial charge on any atom is -0.341 e. The van der Waals surface area contributed by atoms with Crippen LogP contribution in [0.15, 0.2) is 18.3 Å². The molecule has 0 radical (unpaired) electrons. The van der Waals surface area contributed by atoms with Gasteiger partial charge in [0.2, 0.25) is 5.95 Å². The maximum absolute atomic E-state index is 5.93. The number of hydrogen-bond donors (Lipinski definition) is 0. The Morgan fingerprint density at radius 2 is 1.89 bits per heavy atom. The van der Waals surface area contributed by atoms with Crippen LogP contribution in [0.2, 0.25) is 0 Å². The topological polar surface area (TPSA) is 33.4 Å². The van der Waals surface area contributed by atoms with Gasteiger partial charge in [0.1, 0.15) is 0 Å². The van der Waals surface area contributed by atoms with Crippen LogP contribution in [0, 0.1) is 0 Å². The highest BCUT2D eigenvalue weighted by Crippen LogP contribution is 2.20. The maximum atomic E-state index is 5.93. The Bertz CT molecular complexity index is 529. The Hall–Kier alpha value is -1.29. The molecule has 0 unspecified atom stereocenters. The Balaban J connectivity index is 2.01. The predicted octanol–water partition coefficient (Wildman–Crippen LogP) is 2.85. The van der Waals surface area contributed by atoms with Crippen molar-refractivity contribution in [2.45, 2.75) is 31.6 Å². The minimum absolute atomic E-state index is 0.475. The molecular formula is C13H17ClN4. The van der Waals surface area contributed by atoms with Crippen molar-refractivity contribution in [2.75, 3.05) is 18.0 Å². The molecule has 0 N–H and O–H groups in total. The molecule has 0 amide bonds. The third-order valence-corrected chi connectivity index (χ3v) is 3.82. The maximum Gasteiger partial charge on any atom is 0.231 e. The second kappa shape index (κ2) is 5.14. The van der Waals surface area contributed by atoms with E-state index in [4.69, 9.17) is 11.6 Å². The van der Waals surface area contributed by atoms with Crippen molar-refractivity contribution in [3.63, 3.8) is 0 Å². The average Bonchev–Trinajstić information content (AvgIpc) is 2.66. The van der Waals surface area contributed by atoms with Gasteiger partial charge in [-0.15, -0.1) is 21.8 Å². The first kappa shape index (κ1) is 11.8. The first-order valence-corrected chi connectivity index (χ1v) is 7.07. The van der Waals surface area contributed by atoms with Crippen molar-refractivity contribution < 1.29 is 0 Å². The third kappa shape index (κ3) is 2.05. The highest BCUT2D eigenvalue weighted by molar-refractivity contribution is 6.17. The molecule has 4 nitrogen and oxygen atoms in total. The van der Waals surface area contributed by atoms with Crippen molar-refractivity contribution in [1.29, 1.82) is 0 Å². The third-order valence-electron chi connectivity index (χ3n) is 3.53. The fraction of sp³-hybridized carbons (Fsp3) is 0.538. The Morgan fingerprint density at radius 1 is 1.11 bits per heavy atom. The summed E-state index contributed by atoms with van der Waals surface area (Å²) in [4.78, 5) is 2.34. The van der Waals surface area contributed by atoms with Crippen LogP contribution < -0.4 is 4.90 Å². The molecule has 18 heavy (non-hydrogen) atoms. The lowest BCUT2D eigenvalue weighted by Gasteiger charge is -2.19. The van der Waals surface area contributed by atoms with E-state index < -0.39 is 0 Å². The van der Waals surface area contributed by atoms with Gasteiger partial charge < -0.3 is 4.90 Å². The van der Waals surface area contributed by atoms with E-state index in [1.54, 1.807) is 0 Å². The standard InChI is InChI=1S/C13H17ClN4/c14-10-11-6-5-9-18-12(11)15-16-13(18)17-7-3-1-2-4-8-17/h5-6,9H,1-4,7-8,10H2. The van der Waals surface area contributed by atoms with Crippen LogP contribution in [-0.4, -0.2) is 27.7 Å². The van der Waals surface area contributed by atoms with E-state index in [2.05, 4.69) is 19.5 Å². The number of pyridine rings is 1. The highest BCUT2D eigenvalue weighted by atomic mass is 35.5. The lowest BCUT2D eigenvalue weighted by molar-refractivity contribution is 0.726. The Morgan fingerprint density at radius 3 is 2.61 bits per heavy atom. The Labute approximate surface area is 112 Å². The van der Waals surface area contributed by atoms with Gasteiger partial charge in [-0.25, -0.2) is 0 Å². The number of aromatic nitrogens is 3. The van der Waals surface area contributed by atoms with Crippen molar-refractivity contribution in [2.24, 2.45) is 0 Å². The van der Waals surface area contributed by atoms with Crippen LogP contribution in [-0.2, 0) is 5.88 Å². The molecule has 1 fully saturated rings. The lowest BCUT2D eigenvalue weighted by Crippen LogP contribution is -2.26. The minimum atomic E-state index is 0.475. The van der Waals surface area contributed by atoms with Gasteiger partial charge >= 0.3 is 0 Å². The zero-order valence-electron chi connectivity index (χ0n) is 10.3. The molecule has 0 bridgehead atoms. The summed E-state index contributed by atoms with van der Waals surface area (Å²) in [5.41, 5.74) is 1.92. The van der Waals surface area contributed by atoms with Gasteiger partial charge in [-0.05, 0) is 18.9 Å². The molecule has 2 aromatic heterocycles. The average molecular weight is 265 g/mol. The molecule has 0 aromatic carbocycles. The number of alkyl halides is 1. The van der Waals surface area contributed by atoms with E-state index >= 15 is 0 Å². The van der Waals surface area contributed by atoms with Crippen molar-refractivity contribution in [3.05, 3.63) is 23.9 Å². The first-order valence-electron chi connectivity index (χ1n) is 6.53. The summed E-state index contributed by atoms with van der Waals surface area (Å²) >= 11 is 5.93. The molecule has 5 heteroatoms. The van der Waals surface area contributed by atoms with Gasteiger partial charge in [0, 0.05) is 24.8 Å². The number of hydrogen-bond acceptors (Lipinski definition) is 3. The number of rotatable bonds is 2. The fourth-order valence-electron chi connectivity index (χ4n) is 2.55. The summed E-state index contributed by atoms with van der Waals surface area (Å²) in [5.74, 6) is 1.43. The number of halogens is 1. The summed E-state index contributed by atoms with van der Waals surface area (Å²) in [6.07, 6.45) is 7.14. The van der Waals surface area contributed by atoms with Crippen LogP contribution in [0.5, 0.6) is 0 Å². The van der Waals surface area contributed by atoms with E-state index in [0.717, 1.165) is 30.2 Å². The fourth-order valence-corrected chi connectivity index (χ4v) is 2.76. The lowest BCUT2D eigenvalue weighted by atomic mass is 10.2. The quantitative estimate of drug-likeness (QED) is 0.782. The van der Waals surface area contributed by atoms with Gasteiger partial charge in [-0.3, -0.25) is 4.40 Å². The molecule has 0 aliphatic carbocycles. The zero-order valence-corrected chi connectivity index (χ0v) is 11.1. The van der Waals surface area contributed by atoms with Crippen molar-refractivity contribution in [3.8, 4) is 0 Å². The SMILES string of the molecule is ClCc1cccn2c(N3CCCCCC3)nnc12. The summed E-state index contributed by atoms with van der Waals surface area (Å²) < 4.78 is 2.06. The van der Waals surface area contributed by atoms with E-state index in [-0.39, 0.29) is 0 Å². The molecule has 0 saturated carbocycles. The normalized spacial score (nSPS) is 17.1. The van der Waals surface area contributed by atoms with Gasteiger partial charge in [-0.2, -0.15) is 0 Å². The second-order valence-corrected chi connectivity index (χ2v) is 5.03. The highest BCUT2D eigenvalue weighted by Gasteiger charge is 2.16.